The first-order chi connectivity index (χ1) is 10.5. The maximum atomic E-state index is 5.72. The molecule has 0 aromatic carbocycles. The van der Waals surface area contributed by atoms with Gasteiger partial charge in [0.2, 0.25) is 0 Å². The Hall–Kier alpha value is 0.480. The molecule has 1 rings (SSSR count). The highest BCUT2D eigenvalue weighted by molar-refractivity contribution is 8.22. The molecule has 0 amide bonds. The van der Waals surface area contributed by atoms with Gasteiger partial charge in [-0.3, -0.25) is 0 Å². The molecule has 1 N–H and O–H groups in total. The Morgan fingerprint density at radius 1 is 1.22 bits per heavy atom. The van der Waals surface area contributed by atoms with Crippen molar-refractivity contribution in [3.05, 3.63) is 0 Å². The molecule has 23 heavy (non-hydrogen) atoms. The molecule has 1 fully saturated rings. The van der Waals surface area contributed by atoms with Gasteiger partial charge in [-0.25, -0.2) is 0 Å². The second-order valence-electron chi connectivity index (χ2n) is 8.44. The van der Waals surface area contributed by atoms with E-state index in [9.17, 15) is 0 Å². The molecule has 0 aliphatic carbocycles. The van der Waals surface area contributed by atoms with Crippen LogP contribution in [0, 0.1) is 11.3 Å². The van der Waals surface area contributed by atoms with Gasteiger partial charge in [-0.05, 0) is 44.4 Å². The standard InChI is InChI=1S/C17H32N2S4/c1-16(2,3)10-13-8-6-7-9-19(11-13)15(22)23-12-17(4,5)18-14(20)21/h13H,6-12H2,1-5H3,(H2,18,20,21). The normalized spacial score (nSPS) is 20.1. The van der Waals surface area contributed by atoms with Gasteiger partial charge in [0.05, 0.1) is 0 Å². The number of rotatable bonds is 4. The zero-order valence-electron chi connectivity index (χ0n) is 15.1. The van der Waals surface area contributed by atoms with Crippen LogP contribution in [0.5, 0.6) is 0 Å². The molecule has 1 aliphatic rings. The number of hydrogen-bond acceptors (Lipinski definition) is 3. The van der Waals surface area contributed by atoms with E-state index in [1.165, 1.54) is 25.7 Å². The summed E-state index contributed by atoms with van der Waals surface area (Å²) in [4.78, 5) is 2.43. The topological polar surface area (TPSA) is 15.3 Å². The van der Waals surface area contributed by atoms with Gasteiger partial charge in [0.15, 0.2) is 0 Å². The predicted molar refractivity (Wildman–Crippen MR) is 117 cm³/mol. The zero-order valence-corrected chi connectivity index (χ0v) is 18.5. The van der Waals surface area contributed by atoms with Crippen LogP contribution in [0.3, 0.4) is 0 Å². The van der Waals surface area contributed by atoms with Gasteiger partial charge in [-0.2, -0.15) is 0 Å². The SMILES string of the molecule is CC(C)(C)CC1CCCCN(C(=S)SCC(C)(C)NC(=S)S)C1. The third kappa shape index (κ3) is 9.51. The molecular weight excluding hydrogens is 360 g/mol. The van der Waals surface area contributed by atoms with E-state index in [1.54, 1.807) is 11.8 Å². The molecule has 1 saturated heterocycles. The molecule has 134 valence electrons. The van der Waals surface area contributed by atoms with Gasteiger partial charge >= 0.3 is 0 Å². The molecule has 0 spiro atoms. The smallest absolute Gasteiger partial charge is 0.136 e. The fourth-order valence-corrected chi connectivity index (χ4v) is 4.91. The summed E-state index contributed by atoms with van der Waals surface area (Å²) < 4.78 is 1.58. The first-order valence-corrected chi connectivity index (χ1v) is 10.7. The summed E-state index contributed by atoms with van der Waals surface area (Å²) in [5.74, 6) is 1.65. The van der Waals surface area contributed by atoms with Crippen molar-refractivity contribution in [2.45, 2.75) is 65.8 Å². The van der Waals surface area contributed by atoms with Crippen LogP contribution < -0.4 is 5.32 Å². The third-order valence-corrected chi connectivity index (χ3v) is 6.13. The van der Waals surface area contributed by atoms with Gasteiger partial charge in [0, 0.05) is 24.4 Å². The summed E-state index contributed by atoms with van der Waals surface area (Å²) in [6.45, 7) is 13.5. The largest absolute Gasteiger partial charge is 0.365 e. The average molecular weight is 393 g/mol. The van der Waals surface area contributed by atoms with E-state index < -0.39 is 0 Å². The molecule has 1 atom stereocenters. The predicted octanol–water partition coefficient (Wildman–Crippen LogP) is 5.13. The Morgan fingerprint density at radius 3 is 2.43 bits per heavy atom. The summed E-state index contributed by atoms with van der Waals surface area (Å²) >= 11 is 16.7. The van der Waals surface area contributed by atoms with Gasteiger partial charge in [0.25, 0.3) is 0 Å². The van der Waals surface area contributed by atoms with Crippen LogP contribution in [-0.4, -0.2) is 37.9 Å². The monoisotopic (exact) mass is 392 g/mol. The van der Waals surface area contributed by atoms with Crippen molar-refractivity contribution in [2.75, 3.05) is 18.8 Å². The van der Waals surface area contributed by atoms with E-state index in [0.29, 0.717) is 9.74 Å². The molecule has 1 unspecified atom stereocenters. The van der Waals surface area contributed by atoms with Crippen molar-refractivity contribution in [2.24, 2.45) is 11.3 Å². The lowest BCUT2D eigenvalue weighted by Gasteiger charge is -2.32. The van der Waals surface area contributed by atoms with Gasteiger partial charge in [-0.1, -0.05) is 63.4 Å². The van der Waals surface area contributed by atoms with Crippen molar-refractivity contribution in [3.8, 4) is 0 Å². The molecule has 1 heterocycles. The van der Waals surface area contributed by atoms with Gasteiger partial charge in [0.1, 0.15) is 8.64 Å². The third-order valence-electron chi connectivity index (χ3n) is 3.93. The number of thiocarbonyl (C=S) groups is 2. The number of thioether (sulfide) groups is 1. The molecule has 0 bridgehead atoms. The molecule has 0 radical (unpaired) electrons. The Labute approximate surface area is 163 Å². The highest BCUT2D eigenvalue weighted by Crippen LogP contribution is 2.31. The fourth-order valence-electron chi connectivity index (χ4n) is 3.09. The maximum Gasteiger partial charge on any atom is 0.136 e. The van der Waals surface area contributed by atoms with E-state index in [1.807, 2.05) is 0 Å². The number of likely N-dealkylation sites (tertiary alicyclic amines) is 1. The molecule has 0 saturated carbocycles. The summed E-state index contributed by atoms with van der Waals surface area (Å²) in [6, 6.07) is 0. The van der Waals surface area contributed by atoms with Crippen molar-refractivity contribution < 1.29 is 0 Å². The minimum atomic E-state index is -0.0930. The summed E-state index contributed by atoms with van der Waals surface area (Å²) in [6.07, 6.45) is 5.19. The van der Waals surface area contributed by atoms with Crippen molar-refractivity contribution >= 4 is 57.5 Å². The molecule has 0 aromatic rings. The maximum absolute atomic E-state index is 5.72. The van der Waals surface area contributed by atoms with Crippen molar-refractivity contribution in [1.82, 2.24) is 10.2 Å². The van der Waals surface area contributed by atoms with Crippen molar-refractivity contribution in [1.29, 1.82) is 0 Å². The summed E-state index contributed by atoms with van der Waals surface area (Å²) in [7, 11) is 0. The lowest BCUT2D eigenvalue weighted by atomic mass is 9.83. The highest BCUT2D eigenvalue weighted by atomic mass is 32.2. The second kappa shape index (κ2) is 9.25. The zero-order chi connectivity index (χ0) is 17.7. The lowest BCUT2D eigenvalue weighted by Crippen LogP contribution is -2.44. The Bertz CT molecular complexity index is 415. The second-order valence-corrected chi connectivity index (χ2v) is 11.2. The van der Waals surface area contributed by atoms with Crippen LogP contribution in [-0.2, 0) is 0 Å². The minimum Gasteiger partial charge on any atom is -0.365 e. The van der Waals surface area contributed by atoms with Crippen molar-refractivity contribution in [3.63, 3.8) is 0 Å². The average Bonchev–Trinajstić information content (AvgIpc) is 2.58. The first kappa shape index (κ1) is 21.5. The molecule has 0 aromatic heterocycles. The van der Waals surface area contributed by atoms with E-state index in [2.05, 4.69) is 57.5 Å². The van der Waals surface area contributed by atoms with E-state index >= 15 is 0 Å². The number of thiol groups is 1. The minimum absolute atomic E-state index is 0.0930. The van der Waals surface area contributed by atoms with Crippen LogP contribution >= 0.6 is 48.8 Å². The number of nitrogens with one attached hydrogen (secondary N) is 1. The number of hydrogen-bond donors (Lipinski definition) is 2. The quantitative estimate of drug-likeness (QED) is 0.508. The molecular formula is C17H32N2S4. The van der Waals surface area contributed by atoms with Crippen LogP contribution in [0.25, 0.3) is 0 Å². The van der Waals surface area contributed by atoms with E-state index in [0.717, 1.165) is 29.1 Å². The van der Waals surface area contributed by atoms with E-state index in [4.69, 9.17) is 24.4 Å². The lowest BCUT2D eigenvalue weighted by molar-refractivity contribution is 0.256. The van der Waals surface area contributed by atoms with Gasteiger partial charge in [-0.15, -0.1) is 12.6 Å². The van der Waals surface area contributed by atoms with Crippen LogP contribution in [0.1, 0.15) is 60.3 Å². The van der Waals surface area contributed by atoms with E-state index in [-0.39, 0.29) is 5.54 Å². The number of nitrogens with zero attached hydrogens (tertiary/aromatic N) is 1. The van der Waals surface area contributed by atoms with Gasteiger partial charge < -0.3 is 10.2 Å². The molecule has 1 aliphatic heterocycles. The van der Waals surface area contributed by atoms with Crippen LogP contribution in [0.2, 0.25) is 0 Å². The fraction of sp³-hybridized carbons (Fsp3) is 0.882. The summed E-state index contributed by atoms with van der Waals surface area (Å²) in [5.41, 5.74) is 0.299. The Kier molecular flexibility index (Phi) is 8.66. The Morgan fingerprint density at radius 2 is 1.87 bits per heavy atom. The highest BCUT2D eigenvalue weighted by Gasteiger charge is 2.26. The van der Waals surface area contributed by atoms with Crippen LogP contribution in [0.4, 0.5) is 0 Å². The first-order valence-electron chi connectivity index (χ1n) is 8.41. The van der Waals surface area contributed by atoms with Crippen LogP contribution in [0.15, 0.2) is 0 Å². The Balaban J connectivity index is 2.55. The molecule has 6 heteroatoms. The molecule has 2 nitrogen and oxygen atoms in total. The summed E-state index contributed by atoms with van der Waals surface area (Å²) in [5, 5.41) is 3.23.